The first-order valence-corrected chi connectivity index (χ1v) is 10.4. The normalized spacial score (nSPS) is 12.2. The summed E-state index contributed by atoms with van der Waals surface area (Å²) in [5.74, 6) is 0. The second-order valence-corrected chi connectivity index (χ2v) is 7.51. The number of hydrogen-bond acceptors (Lipinski definition) is 1. The largest absolute Gasteiger partial charge is 0.378 e. The molecule has 0 aromatic heterocycles. The molecule has 0 amide bonds. The minimum atomic E-state index is 0.321. The van der Waals surface area contributed by atoms with Gasteiger partial charge in [-0.3, -0.25) is 0 Å². The maximum Gasteiger partial charge on any atom is 0.0516 e. The zero-order valence-electron chi connectivity index (χ0n) is 15.5. The molecule has 1 N–H and O–H groups in total. The van der Waals surface area contributed by atoms with E-state index < -0.39 is 0 Å². The van der Waals surface area contributed by atoms with Gasteiger partial charge in [-0.2, -0.15) is 0 Å². The summed E-state index contributed by atoms with van der Waals surface area (Å²) in [4.78, 5) is 0. The zero-order chi connectivity index (χ0) is 18.7. The minimum Gasteiger partial charge on any atom is -0.378 e. The van der Waals surface area contributed by atoms with E-state index in [1.165, 1.54) is 21.3 Å². The molecule has 1 unspecified atom stereocenters. The highest BCUT2D eigenvalue weighted by Crippen LogP contribution is 2.24. The number of aryl methyl sites for hydroxylation is 1. The van der Waals surface area contributed by atoms with Gasteiger partial charge in [-0.25, -0.2) is 0 Å². The first-order valence-electron chi connectivity index (χ1n) is 9.58. The average Bonchev–Trinajstić information content (AvgIpc) is 2.72. The molecule has 0 spiro atoms. The third-order valence-electron chi connectivity index (χ3n) is 4.64. The van der Waals surface area contributed by atoms with E-state index in [2.05, 4.69) is 118 Å². The number of halogens is 1. The average molecular weight is 420 g/mol. The van der Waals surface area contributed by atoms with Gasteiger partial charge in [-0.15, -0.1) is 0 Å². The SMILES string of the molecule is Brc1ccccc1CC/C=C/CCC(Nc1ccccc1)c1ccccc1. The molecular formula is C25H26BrN. The fraction of sp³-hybridized carbons (Fsp3) is 0.200. The molecular weight excluding hydrogens is 394 g/mol. The van der Waals surface area contributed by atoms with Gasteiger partial charge in [0.25, 0.3) is 0 Å². The van der Waals surface area contributed by atoms with Crippen LogP contribution in [0.1, 0.15) is 36.4 Å². The highest BCUT2D eigenvalue weighted by molar-refractivity contribution is 9.10. The lowest BCUT2D eigenvalue weighted by molar-refractivity contribution is 0.703. The minimum absolute atomic E-state index is 0.321. The van der Waals surface area contributed by atoms with Gasteiger partial charge in [-0.05, 0) is 55.0 Å². The van der Waals surface area contributed by atoms with Crippen LogP contribution in [-0.4, -0.2) is 0 Å². The van der Waals surface area contributed by atoms with Crippen LogP contribution in [0.25, 0.3) is 0 Å². The molecule has 27 heavy (non-hydrogen) atoms. The van der Waals surface area contributed by atoms with Crippen molar-refractivity contribution in [2.75, 3.05) is 5.32 Å². The summed E-state index contributed by atoms with van der Waals surface area (Å²) in [6, 6.07) is 30.0. The van der Waals surface area contributed by atoms with Crippen LogP contribution in [0.3, 0.4) is 0 Å². The quantitative estimate of drug-likeness (QED) is 0.352. The molecule has 0 aliphatic heterocycles. The maximum absolute atomic E-state index is 3.68. The molecule has 138 valence electrons. The highest BCUT2D eigenvalue weighted by atomic mass is 79.9. The van der Waals surface area contributed by atoms with Crippen molar-refractivity contribution in [3.63, 3.8) is 0 Å². The van der Waals surface area contributed by atoms with Crippen LogP contribution in [0.15, 0.2) is 102 Å². The lowest BCUT2D eigenvalue weighted by Crippen LogP contribution is -2.10. The number of nitrogens with one attached hydrogen (secondary N) is 1. The first-order chi connectivity index (χ1) is 13.3. The lowest BCUT2D eigenvalue weighted by Gasteiger charge is -2.20. The molecule has 3 rings (SSSR count). The van der Waals surface area contributed by atoms with Crippen LogP contribution in [0.2, 0.25) is 0 Å². The number of benzene rings is 3. The second-order valence-electron chi connectivity index (χ2n) is 6.65. The fourth-order valence-electron chi connectivity index (χ4n) is 3.18. The van der Waals surface area contributed by atoms with Gasteiger partial charge in [0.2, 0.25) is 0 Å². The number of hydrogen-bond donors (Lipinski definition) is 1. The summed E-state index contributed by atoms with van der Waals surface area (Å²) in [6.07, 6.45) is 8.91. The van der Waals surface area contributed by atoms with Crippen LogP contribution < -0.4 is 5.32 Å². The Hall–Kier alpha value is -2.32. The van der Waals surface area contributed by atoms with Crippen molar-refractivity contribution in [3.05, 3.63) is 113 Å². The number of rotatable bonds is 9. The van der Waals surface area contributed by atoms with Gasteiger partial charge in [0.1, 0.15) is 0 Å². The molecule has 0 radical (unpaired) electrons. The number of para-hydroxylation sites is 1. The molecule has 1 atom stereocenters. The predicted octanol–water partition coefficient (Wildman–Crippen LogP) is 7.57. The van der Waals surface area contributed by atoms with Crippen molar-refractivity contribution >= 4 is 21.6 Å². The van der Waals surface area contributed by atoms with E-state index in [1.54, 1.807) is 0 Å². The summed E-state index contributed by atoms with van der Waals surface area (Å²) in [5, 5.41) is 3.68. The molecule has 0 aliphatic rings. The summed E-state index contributed by atoms with van der Waals surface area (Å²) < 4.78 is 1.20. The van der Waals surface area contributed by atoms with Crippen molar-refractivity contribution in [3.8, 4) is 0 Å². The third kappa shape index (κ3) is 6.41. The van der Waals surface area contributed by atoms with E-state index in [0.29, 0.717) is 6.04 Å². The Morgan fingerprint density at radius 3 is 2.11 bits per heavy atom. The van der Waals surface area contributed by atoms with E-state index in [4.69, 9.17) is 0 Å². The summed E-state index contributed by atoms with van der Waals surface area (Å²) in [7, 11) is 0. The van der Waals surface area contributed by atoms with Crippen LogP contribution in [0.4, 0.5) is 5.69 Å². The topological polar surface area (TPSA) is 12.0 Å². The van der Waals surface area contributed by atoms with E-state index in [0.717, 1.165) is 25.7 Å². The van der Waals surface area contributed by atoms with E-state index in [-0.39, 0.29) is 0 Å². The van der Waals surface area contributed by atoms with Crippen molar-refractivity contribution < 1.29 is 0 Å². The van der Waals surface area contributed by atoms with Gasteiger partial charge < -0.3 is 5.32 Å². The van der Waals surface area contributed by atoms with E-state index in [1.807, 2.05) is 0 Å². The van der Waals surface area contributed by atoms with Crippen LogP contribution >= 0.6 is 15.9 Å². The maximum atomic E-state index is 3.68. The molecule has 0 fully saturated rings. The van der Waals surface area contributed by atoms with Crippen LogP contribution in [0.5, 0.6) is 0 Å². The number of allylic oxidation sites excluding steroid dienone is 2. The molecule has 1 nitrogen and oxygen atoms in total. The van der Waals surface area contributed by atoms with Crippen molar-refractivity contribution in [2.45, 2.75) is 31.7 Å². The third-order valence-corrected chi connectivity index (χ3v) is 5.42. The Morgan fingerprint density at radius 2 is 1.37 bits per heavy atom. The zero-order valence-corrected chi connectivity index (χ0v) is 17.1. The molecule has 3 aromatic rings. The van der Waals surface area contributed by atoms with Crippen molar-refractivity contribution in [1.82, 2.24) is 0 Å². The number of anilines is 1. The Bertz CT molecular complexity index is 827. The van der Waals surface area contributed by atoms with Crippen molar-refractivity contribution in [2.24, 2.45) is 0 Å². The highest BCUT2D eigenvalue weighted by Gasteiger charge is 2.10. The van der Waals surface area contributed by atoms with E-state index >= 15 is 0 Å². The van der Waals surface area contributed by atoms with Gasteiger partial charge >= 0.3 is 0 Å². The van der Waals surface area contributed by atoms with Gasteiger partial charge in [0.15, 0.2) is 0 Å². The molecule has 0 heterocycles. The first kappa shape index (κ1) is 19.4. The Balaban J connectivity index is 1.52. The van der Waals surface area contributed by atoms with Crippen molar-refractivity contribution in [1.29, 1.82) is 0 Å². The second kappa shape index (κ2) is 10.7. The van der Waals surface area contributed by atoms with Crippen LogP contribution in [-0.2, 0) is 6.42 Å². The smallest absolute Gasteiger partial charge is 0.0516 e. The molecule has 0 saturated heterocycles. The van der Waals surface area contributed by atoms with Gasteiger partial charge in [0, 0.05) is 10.2 Å². The van der Waals surface area contributed by atoms with Gasteiger partial charge in [-0.1, -0.05) is 94.8 Å². The fourth-order valence-corrected chi connectivity index (χ4v) is 3.66. The molecule has 2 heteroatoms. The Morgan fingerprint density at radius 1 is 0.741 bits per heavy atom. The Labute approximate surface area is 171 Å². The summed E-state index contributed by atoms with van der Waals surface area (Å²) in [5.41, 5.74) is 3.88. The van der Waals surface area contributed by atoms with E-state index in [9.17, 15) is 0 Å². The van der Waals surface area contributed by atoms with Gasteiger partial charge in [0.05, 0.1) is 6.04 Å². The molecule has 0 bridgehead atoms. The molecule has 0 aliphatic carbocycles. The Kier molecular flexibility index (Phi) is 7.73. The predicted molar refractivity (Wildman–Crippen MR) is 120 cm³/mol. The monoisotopic (exact) mass is 419 g/mol. The summed E-state index contributed by atoms with van der Waals surface area (Å²) in [6.45, 7) is 0. The molecule has 0 saturated carbocycles. The van der Waals surface area contributed by atoms with Crippen LogP contribution in [0, 0.1) is 0 Å². The lowest BCUT2D eigenvalue weighted by atomic mass is 10.0. The standard InChI is InChI=1S/C25H26BrN/c26-24-19-12-11-14-21(24)13-5-1-2-10-20-25(22-15-6-3-7-16-22)27-23-17-8-4-9-18-23/h1-4,6-9,11-12,14-19,25,27H,5,10,13,20H2/b2-1+. The summed E-state index contributed by atoms with van der Waals surface area (Å²) >= 11 is 3.62. The molecule has 3 aromatic carbocycles.